The Labute approximate surface area is 125 Å². The molecule has 4 rings (SSSR count). The van der Waals surface area contributed by atoms with Crippen LogP contribution in [0.25, 0.3) is 11.3 Å². The fraction of sp³-hybridized carbons (Fsp3) is 0.125. The van der Waals surface area contributed by atoms with Crippen molar-refractivity contribution in [3.63, 3.8) is 0 Å². The van der Waals surface area contributed by atoms with Gasteiger partial charge in [0.2, 0.25) is 0 Å². The van der Waals surface area contributed by atoms with Crippen molar-refractivity contribution in [1.29, 1.82) is 0 Å². The van der Waals surface area contributed by atoms with Crippen LogP contribution in [-0.2, 0) is 6.42 Å². The van der Waals surface area contributed by atoms with Gasteiger partial charge in [0.15, 0.2) is 5.76 Å². The first-order valence-electron chi connectivity index (χ1n) is 6.72. The zero-order chi connectivity index (χ0) is 14.2. The van der Waals surface area contributed by atoms with Crippen molar-refractivity contribution in [2.24, 2.45) is 0 Å². The minimum absolute atomic E-state index is 0.0798. The minimum atomic E-state index is 0.0798. The Bertz CT molecular complexity index is 779. The molecular formula is C16H12N2O2S. The van der Waals surface area contributed by atoms with Gasteiger partial charge in [0.25, 0.3) is 5.91 Å². The van der Waals surface area contributed by atoms with Crippen LogP contribution in [0.3, 0.4) is 0 Å². The molecule has 0 unspecified atom stereocenters. The first-order valence-corrected chi connectivity index (χ1v) is 7.60. The fourth-order valence-electron chi connectivity index (χ4n) is 2.66. The molecular weight excluding hydrogens is 284 g/mol. The van der Waals surface area contributed by atoms with E-state index in [4.69, 9.17) is 4.52 Å². The lowest BCUT2D eigenvalue weighted by atomic mass is 10.1. The zero-order valence-corrected chi connectivity index (χ0v) is 12.0. The summed E-state index contributed by atoms with van der Waals surface area (Å²) in [5, 5.41) is 5.66. The molecule has 21 heavy (non-hydrogen) atoms. The van der Waals surface area contributed by atoms with E-state index in [9.17, 15) is 4.79 Å². The van der Waals surface area contributed by atoms with Gasteiger partial charge in [-0.05, 0) is 41.6 Å². The number of carbonyl (C=O) groups excluding carboxylic acids is 1. The molecule has 3 aromatic rings. The molecule has 0 spiro atoms. The third-order valence-corrected chi connectivity index (χ3v) is 4.53. The monoisotopic (exact) mass is 296 g/mol. The number of rotatable bonds is 2. The van der Waals surface area contributed by atoms with Crippen LogP contribution in [0.5, 0.6) is 0 Å². The number of hydrogen-bond acceptors (Lipinski definition) is 4. The van der Waals surface area contributed by atoms with Crippen LogP contribution in [0.1, 0.15) is 15.2 Å². The molecule has 5 heteroatoms. The quantitative estimate of drug-likeness (QED) is 0.726. The van der Waals surface area contributed by atoms with Crippen molar-refractivity contribution in [2.75, 3.05) is 11.4 Å². The lowest BCUT2D eigenvalue weighted by Gasteiger charge is -2.16. The molecule has 0 saturated carbocycles. The van der Waals surface area contributed by atoms with Crippen molar-refractivity contribution in [3.8, 4) is 11.3 Å². The van der Waals surface area contributed by atoms with Crippen molar-refractivity contribution in [1.82, 2.24) is 5.16 Å². The number of carbonyl (C=O) groups is 1. The van der Waals surface area contributed by atoms with E-state index in [0.717, 1.165) is 34.9 Å². The second kappa shape index (κ2) is 4.86. The molecule has 0 N–H and O–H groups in total. The van der Waals surface area contributed by atoms with Gasteiger partial charge in [-0.1, -0.05) is 11.2 Å². The third-order valence-electron chi connectivity index (χ3n) is 3.67. The maximum absolute atomic E-state index is 12.5. The predicted molar refractivity (Wildman–Crippen MR) is 81.6 cm³/mol. The first-order chi connectivity index (χ1) is 10.3. The van der Waals surface area contributed by atoms with Gasteiger partial charge in [0.05, 0.1) is 11.1 Å². The second-order valence-corrected chi connectivity index (χ2v) is 5.85. The highest BCUT2D eigenvalue weighted by molar-refractivity contribution is 7.12. The van der Waals surface area contributed by atoms with E-state index >= 15 is 0 Å². The van der Waals surface area contributed by atoms with Crippen LogP contribution in [0.2, 0.25) is 0 Å². The molecule has 104 valence electrons. The summed E-state index contributed by atoms with van der Waals surface area (Å²) in [5.41, 5.74) is 3.17. The molecule has 0 saturated heterocycles. The minimum Gasteiger partial charge on any atom is -0.356 e. The van der Waals surface area contributed by atoms with Gasteiger partial charge in [-0.3, -0.25) is 4.79 Å². The summed E-state index contributed by atoms with van der Waals surface area (Å²) in [5.74, 6) is 0.831. The van der Waals surface area contributed by atoms with Crippen LogP contribution >= 0.6 is 11.3 Å². The summed E-state index contributed by atoms with van der Waals surface area (Å²) in [6.45, 7) is 0.728. The Morgan fingerprint density at radius 1 is 1.29 bits per heavy atom. The van der Waals surface area contributed by atoms with Crippen LogP contribution in [0.4, 0.5) is 5.69 Å². The highest BCUT2D eigenvalue weighted by Gasteiger charge is 2.26. The maximum atomic E-state index is 12.5. The van der Waals surface area contributed by atoms with E-state index in [0.29, 0.717) is 0 Å². The lowest BCUT2D eigenvalue weighted by molar-refractivity contribution is 0.0993. The molecule has 0 fully saturated rings. The van der Waals surface area contributed by atoms with Crippen molar-refractivity contribution < 1.29 is 9.32 Å². The van der Waals surface area contributed by atoms with E-state index in [2.05, 4.69) is 11.2 Å². The number of thiophene rings is 1. The number of nitrogens with zero attached hydrogens (tertiary/aromatic N) is 2. The smallest absolute Gasteiger partial charge is 0.268 e. The fourth-order valence-corrected chi connectivity index (χ4v) is 3.34. The number of fused-ring (bicyclic) bond motifs is 1. The largest absolute Gasteiger partial charge is 0.356 e. The van der Waals surface area contributed by atoms with Gasteiger partial charge in [0, 0.05) is 23.9 Å². The molecule has 1 aromatic carbocycles. The summed E-state index contributed by atoms with van der Waals surface area (Å²) in [6.07, 6.45) is 2.50. The lowest BCUT2D eigenvalue weighted by Crippen LogP contribution is -2.28. The average molecular weight is 296 g/mol. The van der Waals surface area contributed by atoms with Crippen molar-refractivity contribution >= 4 is 22.9 Å². The Kier molecular flexibility index (Phi) is 2.86. The van der Waals surface area contributed by atoms with Crippen LogP contribution < -0.4 is 4.90 Å². The van der Waals surface area contributed by atoms with Gasteiger partial charge >= 0.3 is 0 Å². The van der Waals surface area contributed by atoms with Gasteiger partial charge < -0.3 is 9.42 Å². The predicted octanol–water partition coefficient (Wildman–Crippen LogP) is 3.61. The number of anilines is 1. The summed E-state index contributed by atoms with van der Waals surface area (Å²) < 4.78 is 5.18. The summed E-state index contributed by atoms with van der Waals surface area (Å²) in [6, 6.07) is 11.7. The summed E-state index contributed by atoms with van der Waals surface area (Å²) in [4.78, 5) is 15.1. The Hall–Kier alpha value is -2.40. The van der Waals surface area contributed by atoms with E-state index in [1.165, 1.54) is 16.9 Å². The molecule has 1 aliphatic rings. The molecule has 0 aliphatic carbocycles. The van der Waals surface area contributed by atoms with E-state index in [1.54, 1.807) is 6.20 Å². The van der Waals surface area contributed by atoms with E-state index in [1.807, 2.05) is 40.6 Å². The Morgan fingerprint density at radius 3 is 3.00 bits per heavy atom. The highest BCUT2D eigenvalue weighted by atomic mass is 32.1. The molecule has 1 amide bonds. The SMILES string of the molecule is O=C(c1cccs1)N1CCc2cc(-c3ccno3)ccc21. The topological polar surface area (TPSA) is 46.3 Å². The Balaban J connectivity index is 1.68. The molecule has 4 nitrogen and oxygen atoms in total. The van der Waals surface area contributed by atoms with Gasteiger partial charge in [-0.25, -0.2) is 0 Å². The molecule has 0 bridgehead atoms. The second-order valence-electron chi connectivity index (χ2n) is 4.90. The maximum Gasteiger partial charge on any atom is 0.268 e. The van der Waals surface area contributed by atoms with Gasteiger partial charge in [-0.2, -0.15) is 0 Å². The number of benzene rings is 1. The Morgan fingerprint density at radius 2 is 2.24 bits per heavy atom. The number of aromatic nitrogens is 1. The van der Waals surface area contributed by atoms with Crippen molar-refractivity contribution in [2.45, 2.75) is 6.42 Å². The average Bonchev–Trinajstić information content (AvgIpc) is 3.25. The first kappa shape index (κ1) is 12.3. The van der Waals surface area contributed by atoms with Crippen LogP contribution in [0, 0.1) is 0 Å². The van der Waals surface area contributed by atoms with Crippen LogP contribution in [0.15, 0.2) is 52.5 Å². The van der Waals surface area contributed by atoms with Gasteiger partial charge in [0.1, 0.15) is 0 Å². The third kappa shape index (κ3) is 2.06. The number of amides is 1. The van der Waals surface area contributed by atoms with E-state index in [-0.39, 0.29) is 5.91 Å². The van der Waals surface area contributed by atoms with Crippen LogP contribution in [-0.4, -0.2) is 17.6 Å². The molecule has 1 aliphatic heterocycles. The summed E-state index contributed by atoms with van der Waals surface area (Å²) >= 11 is 1.48. The molecule has 0 radical (unpaired) electrons. The van der Waals surface area contributed by atoms with Gasteiger partial charge in [-0.15, -0.1) is 11.3 Å². The normalized spacial score (nSPS) is 13.4. The molecule has 2 aromatic heterocycles. The standard InChI is InChI=1S/C16H12N2O2S/c19-16(15-2-1-9-21-15)18-8-6-11-10-12(3-4-13(11)18)14-5-7-17-20-14/h1-5,7,9-10H,6,8H2. The number of hydrogen-bond donors (Lipinski definition) is 0. The highest BCUT2D eigenvalue weighted by Crippen LogP contribution is 2.33. The molecule has 0 atom stereocenters. The van der Waals surface area contributed by atoms with Crippen molar-refractivity contribution in [3.05, 3.63) is 58.4 Å². The summed E-state index contributed by atoms with van der Waals surface area (Å²) in [7, 11) is 0. The van der Waals surface area contributed by atoms with E-state index < -0.39 is 0 Å². The molecule has 3 heterocycles. The zero-order valence-electron chi connectivity index (χ0n) is 11.2.